The third kappa shape index (κ3) is 5.71. The average Bonchev–Trinajstić information content (AvgIpc) is 2.79. The highest BCUT2D eigenvalue weighted by Gasteiger charge is 2.10. The molecule has 0 amide bonds. The number of ether oxygens (including phenoxy) is 2. The molecule has 0 bridgehead atoms. The number of benzene rings is 3. The van der Waals surface area contributed by atoms with Gasteiger partial charge in [0.25, 0.3) is 0 Å². The topological polar surface area (TPSA) is 18.5 Å². The molecular weight excluding hydrogens is 356 g/mol. The Bertz CT molecular complexity index is 866. The molecule has 0 saturated carbocycles. The van der Waals surface area contributed by atoms with Crippen LogP contribution in [-0.2, 0) is 4.74 Å². The molecule has 1 unspecified atom stereocenters. The second kappa shape index (κ2) is 10.8. The van der Waals surface area contributed by atoms with E-state index in [2.05, 4.69) is 74.5 Å². The maximum absolute atomic E-state index is 6.02. The summed E-state index contributed by atoms with van der Waals surface area (Å²) >= 11 is 0. The molecule has 0 aromatic heterocycles. The lowest BCUT2D eigenvalue weighted by atomic mass is 9.94. The number of unbranched alkanes of at least 4 members (excludes halogenated alkanes) is 3. The maximum atomic E-state index is 6.02. The van der Waals surface area contributed by atoms with Gasteiger partial charge in [0.15, 0.2) is 0 Å². The monoisotopic (exact) mass is 388 g/mol. The normalized spacial score (nSPS) is 12.0. The van der Waals surface area contributed by atoms with Gasteiger partial charge in [0, 0.05) is 6.61 Å². The van der Waals surface area contributed by atoms with Crippen molar-refractivity contribution in [2.24, 2.45) is 0 Å². The Kier molecular flexibility index (Phi) is 7.89. The first-order valence-electron chi connectivity index (χ1n) is 10.7. The van der Waals surface area contributed by atoms with Crippen LogP contribution in [0.1, 0.15) is 51.2 Å². The Balaban J connectivity index is 1.73. The van der Waals surface area contributed by atoms with Gasteiger partial charge in [0.2, 0.25) is 0 Å². The van der Waals surface area contributed by atoms with Crippen LogP contribution in [0.2, 0.25) is 0 Å². The van der Waals surface area contributed by atoms with Crippen LogP contribution in [-0.4, -0.2) is 13.7 Å². The second-order valence-electron chi connectivity index (χ2n) is 7.47. The van der Waals surface area contributed by atoms with Gasteiger partial charge in [-0.25, -0.2) is 0 Å². The summed E-state index contributed by atoms with van der Waals surface area (Å²) in [6, 6.07) is 25.6. The van der Waals surface area contributed by atoms with Crippen LogP contribution in [0.4, 0.5) is 0 Å². The van der Waals surface area contributed by atoms with E-state index in [1.54, 1.807) is 7.11 Å². The first-order chi connectivity index (χ1) is 14.2. The molecule has 1 atom stereocenters. The SMILES string of the molecule is CCCCCCOC(C)c1ccc(-c2ccccc2-c2ccc(OC)cc2)cc1. The van der Waals surface area contributed by atoms with Crippen molar-refractivity contribution in [1.82, 2.24) is 0 Å². The highest BCUT2D eigenvalue weighted by Crippen LogP contribution is 2.33. The maximum Gasteiger partial charge on any atom is 0.118 e. The van der Waals surface area contributed by atoms with E-state index < -0.39 is 0 Å². The summed E-state index contributed by atoms with van der Waals surface area (Å²) in [5.41, 5.74) is 6.09. The summed E-state index contributed by atoms with van der Waals surface area (Å²) in [6.07, 6.45) is 5.08. The highest BCUT2D eigenvalue weighted by molar-refractivity contribution is 5.83. The molecule has 29 heavy (non-hydrogen) atoms. The smallest absolute Gasteiger partial charge is 0.118 e. The van der Waals surface area contributed by atoms with Crippen LogP contribution in [0.5, 0.6) is 5.75 Å². The van der Waals surface area contributed by atoms with E-state index in [1.165, 1.54) is 47.1 Å². The third-order valence-electron chi connectivity index (χ3n) is 5.38. The summed E-state index contributed by atoms with van der Waals surface area (Å²) in [6.45, 7) is 5.21. The fourth-order valence-electron chi connectivity index (χ4n) is 3.58. The van der Waals surface area contributed by atoms with Crippen molar-refractivity contribution in [3.8, 4) is 28.0 Å². The van der Waals surface area contributed by atoms with Gasteiger partial charge in [-0.15, -0.1) is 0 Å². The quantitative estimate of drug-likeness (QED) is 0.331. The van der Waals surface area contributed by atoms with Crippen LogP contribution in [0.3, 0.4) is 0 Å². The zero-order valence-corrected chi connectivity index (χ0v) is 17.9. The minimum Gasteiger partial charge on any atom is -0.497 e. The zero-order chi connectivity index (χ0) is 20.5. The Morgan fingerprint density at radius 1 is 0.724 bits per heavy atom. The van der Waals surface area contributed by atoms with Crippen molar-refractivity contribution in [3.05, 3.63) is 78.4 Å². The fourth-order valence-corrected chi connectivity index (χ4v) is 3.58. The number of hydrogen-bond donors (Lipinski definition) is 0. The Morgan fingerprint density at radius 2 is 1.31 bits per heavy atom. The minimum absolute atomic E-state index is 0.127. The highest BCUT2D eigenvalue weighted by atomic mass is 16.5. The molecule has 0 saturated heterocycles. The molecule has 0 aliphatic rings. The molecule has 2 heteroatoms. The van der Waals surface area contributed by atoms with Gasteiger partial charge in [0.05, 0.1) is 13.2 Å². The zero-order valence-electron chi connectivity index (χ0n) is 17.9. The van der Waals surface area contributed by atoms with Crippen molar-refractivity contribution in [3.63, 3.8) is 0 Å². The lowest BCUT2D eigenvalue weighted by Gasteiger charge is -2.15. The van der Waals surface area contributed by atoms with Gasteiger partial charge in [-0.1, -0.05) is 86.8 Å². The lowest BCUT2D eigenvalue weighted by molar-refractivity contribution is 0.0628. The molecule has 0 aliphatic carbocycles. The second-order valence-corrected chi connectivity index (χ2v) is 7.47. The molecule has 0 heterocycles. The van der Waals surface area contributed by atoms with Gasteiger partial charge in [-0.05, 0) is 53.3 Å². The van der Waals surface area contributed by atoms with Crippen molar-refractivity contribution in [2.45, 2.75) is 45.6 Å². The lowest BCUT2D eigenvalue weighted by Crippen LogP contribution is -2.01. The summed E-state index contributed by atoms with van der Waals surface area (Å²) < 4.78 is 11.3. The summed E-state index contributed by atoms with van der Waals surface area (Å²) in [4.78, 5) is 0. The fraction of sp³-hybridized carbons (Fsp3) is 0.333. The molecule has 0 fully saturated rings. The van der Waals surface area contributed by atoms with Crippen LogP contribution in [0.25, 0.3) is 22.3 Å². The molecule has 0 aliphatic heterocycles. The van der Waals surface area contributed by atoms with Gasteiger partial charge >= 0.3 is 0 Å². The molecule has 0 radical (unpaired) electrons. The van der Waals surface area contributed by atoms with Crippen molar-refractivity contribution < 1.29 is 9.47 Å². The van der Waals surface area contributed by atoms with Gasteiger partial charge in [0.1, 0.15) is 5.75 Å². The Morgan fingerprint density at radius 3 is 1.86 bits per heavy atom. The molecule has 0 spiro atoms. The summed E-state index contributed by atoms with van der Waals surface area (Å²) in [7, 11) is 1.69. The summed E-state index contributed by atoms with van der Waals surface area (Å²) in [5.74, 6) is 0.874. The van der Waals surface area contributed by atoms with Gasteiger partial charge in [-0.2, -0.15) is 0 Å². The molecule has 3 aromatic carbocycles. The predicted octanol–water partition coefficient (Wildman–Crippen LogP) is 7.69. The van der Waals surface area contributed by atoms with E-state index in [1.807, 2.05) is 12.1 Å². The standard InChI is InChI=1S/C27H32O2/c1-4-5-6-9-20-29-21(2)22-12-14-23(15-13-22)26-10-7-8-11-27(26)24-16-18-25(28-3)19-17-24/h7-8,10-19,21H,4-6,9,20H2,1-3H3. The van der Waals surface area contributed by atoms with Crippen LogP contribution in [0, 0.1) is 0 Å². The van der Waals surface area contributed by atoms with E-state index >= 15 is 0 Å². The van der Waals surface area contributed by atoms with E-state index in [0.29, 0.717) is 0 Å². The first kappa shape index (κ1) is 21.1. The van der Waals surface area contributed by atoms with Gasteiger partial charge in [-0.3, -0.25) is 0 Å². The number of hydrogen-bond acceptors (Lipinski definition) is 2. The van der Waals surface area contributed by atoms with E-state index in [9.17, 15) is 0 Å². The molecule has 2 nitrogen and oxygen atoms in total. The number of rotatable bonds is 10. The predicted molar refractivity (Wildman–Crippen MR) is 122 cm³/mol. The van der Waals surface area contributed by atoms with E-state index in [0.717, 1.165) is 18.8 Å². The van der Waals surface area contributed by atoms with Crippen LogP contribution >= 0.6 is 0 Å². The van der Waals surface area contributed by atoms with Gasteiger partial charge < -0.3 is 9.47 Å². The summed E-state index contributed by atoms with van der Waals surface area (Å²) in [5, 5.41) is 0. The molecular formula is C27H32O2. The first-order valence-corrected chi connectivity index (χ1v) is 10.7. The molecule has 3 aromatic rings. The van der Waals surface area contributed by atoms with Crippen molar-refractivity contribution >= 4 is 0 Å². The van der Waals surface area contributed by atoms with Crippen molar-refractivity contribution in [1.29, 1.82) is 0 Å². The van der Waals surface area contributed by atoms with E-state index in [-0.39, 0.29) is 6.10 Å². The number of methoxy groups -OCH3 is 1. The average molecular weight is 389 g/mol. The third-order valence-corrected chi connectivity index (χ3v) is 5.38. The molecule has 152 valence electrons. The largest absolute Gasteiger partial charge is 0.497 e. The molecule has 0 N–H and O–H groups in total. The van der Waals surface area contributed by atoms with E-state index in [4.69, 9.17) is 9.47 Å². The Hall–Kier alpha value is -2.58. The van der Waals surface area contributed by atoms with Crippen LogP contribution in [0.15, 0.2) is 72.8 Å². The Labute approximate surface area is 175 Å². The minimum atomic E-state index is 0.127. The van der Waals surface area contributed by atoms with Crippen molar-refractivity contribution in [2.75, 3.05) is 13.7 Å². The van der Waals surface area contributed by atoms with Crippen LogP contribution < -0.4 is 4.74 Å². The molecule has 3 rings (SSSR count).